The first-order chi connectivity index (χ1) is 19.0. The van der Waals surface area contributed by atoms with Crippen molar-refractivity contribution in [1.29, 1.82) is 0 Å². The van der Waals surface area contributed by atoms with Crippen LogP contribution in [0.25, 0.3) is 22.0 Å². The van der Waals surface area contributed by atoms with Crippen LogP contribution in [-0.2, 0) is 9.53 Å². The fraction of sp³-hybridized carbons (Fsp3) is 0.241. The van der Waals surface area contributed by atoms with Gasteiger partial charge >= 0.3 is 0 Å². The van der Waals surface area contributed by atoms with Gasteiger partial charge < -0.3 is 31.3 Å². The van der Waals surface area contributed by atoms with Gasteiger partial charge in [-0.1, -0.05) is 30.3 Å². The van der Waals surface area contributed by atoms with Crippen molar-refractivity contribution < 1.29 is 9.53 Å². The number of likely N-dealkylation sites (N-methyl/N-ethyl adjacent to an activating group) is 1. The summed E-state index contributed by atoms with van der Waals surface area (Å²) in [5, 5.41) is 10.3. The number of nitrogen functional groups attached to an aromatic ring is 1. The topological polar surface area (TPSA) is 130 Å². The molecule has 4 aromatic rings. The van der Waals surface area contributed by atoms with Gasteiger partial charge in [-0.3, -0.25) is 9.78 Å². The first-order valence-corrected chi connectivity index (χ1v) is 12.8. The number of amides is 1. The molecule has 1 atom stereocenters. The van der Waals surface area contributed by atoms with Crippen LogP contribution in [0.2, 0.25) is 0 Å². The zero-order valence-corrected chi connectivity index (χ0v) is 22.0. The number of para-hydroxylation sites is 1. The third-order valence-electron chi connectivity index (χ3n) is 6.25. The molecule has 5 rings (SSSR count). The molecular weight excluding hydrogens is 492 g/mol. The molecule has 10 nitrogen and oxygen atoms in total. The first kappa shape index (κ1) is 26.2. The summed E-state index contributed by atoms with van der Waals surface area (Å²) in [5.41, 5.74) is 11.1. The number of hydrogen-bond donors (Lipinski definition) is 4. The molecule has 0 spiro atoms. The van der Waals surface area contributed by atoms with Crippen LogP contribution >= 0.6 is 0 Å². The van der Waals surface area contributed by atoms with E-state index in [1.807, 2.05) is 79.7 Å². The zero-order valence-electron chi connectivity index (χ0n) is 22.0. The molecule has 1 unspecified atom stereocenters. The van der Waals surface area contributed by atoms with Crippen LogP contribution in [0, 0.1) is 0 Å². The molecule has 2 aromatic heterocycles. The van der Waals surface area contributed by atoms with Crippen LogP contribution in [0.5, 0.6) is 0 Å². The largest absolute Gasteiger partial charge is 0.383 e. The Balaban J connectivity index is 1.45. The van der Waals surface area contributed by atoms with Gasteiger partial charge in [0.15, 0.2) is 0 Å². The molecule has 0 radical (unpaired) electrons. The summed E-state index contributed by atoms with van der Waals surface area (Å²) in [4.78, 5) is 28.3. The molecule has 0 bridgehead atoms. The van der Waals surface area contributed by atoms with Crippen LogP contribution in [-0.4, -0.2) is 66.1 Å². The van der Waals surface area contributed by atoms with Crippen molar-refractivity contribution >= 4 is 40.0 Å². The van der Waals surface area contributed by atoms with E-state index in [4.69, 9.17) is 15.5 Å². The lowest BCUT2D eigenvalue weighted by Crippen LogP contribution is -2.34. The smallest absolute Gasteiger partial charge is 0.248 e. The lowest BCUT2D eigenvalue weighted by Gasteiger charge is -2.24. The third-order valence-corrected chi connectivity index (χ3v) is 6.25. The molecule has 1 fully saturated rings. The highest BCUT2D eigenvalue weighted by Gasteiger charge is 2.21. The predicted octanol–water partition coefficient (Wildman–Crippen LogP) is 3.73. The lowest BCUT2D eigenvalue weighted by atomic mass is 10.0. The highest BCUT2D eigenvalue weighted by atomic mass is 16.5. The molecule has 1 saturated heterocycles. The van der Waals surface area contributed by atoms with Gasteiger partial charge in [-0.15, -0.1) is 0 Å². The van der Waals surface area contributed by atoms with Gasteiger partial charge in [-0.2, -0.15) is 4.98 Å². The molecule has 3 heterocycles. The number of pyridine rings is 1. The van der Waals surface area contributed by atoms with E-state index in [2.05, 4.69) is 25.9 Å². The molecule has 0 saturated carbocycles. The Morgan fingerprint density at radius 2 is 2.05 bits per heavy atom. The van der Waals surface area contributed by atoms with Gasteiger partial charge in [0.25, 0.3) is 0 Å². The van der Waals surface area contributed by atoms with Crippen molar-refractivity contribution in [3.8, 4) is 11.1 Å². The van der Waals surface area contributed by atoms with E-state index < -0.39 is 0 Å². The first-order valence-electron chi connectivity index (χ1n) is 12.8. The van der Waals surface area contributed by atoms with Crippen LogP contribution in [0.4, 0.5) is 23.1 Å². The molecule has 1 amide bonds. The molecule has 200 valence electrons. The summed E-state index contributed by atoms with van der Waals surface area (Å²) in [6.45, 7) is 2.80. The normalized spacial score (nSPS) is 15.6. The Kier molecular flexibility index (Phi) is 8.07. The lowest BCUT2D eigenvalue weighted by molar-refractivity contribution is -0.111. The summed E-state index contributed by atoms with van der Waals surface area (Å²) >= 11 is 0. The van der Waals surface area contributed by atoms with Crippen molar-refractivity contribution in [3.63, 3.8) is 0 Å². The van der Waals surface area contributed by atoms with Crippen LogP contribution < -0.4 is 21.7 Å². The van der Waals surface area contributed by atoms with Gasteiger partial charge in [0, 0.05) is 48.5 Å². The van der Waals surface area contributed by atoms with E-state index in [0.717, 1.165) is 34.4 Å². The Labute approximate surface area is 227 Å². The van der Waals surface area contributed by atoms with Crippen molar-refractivity contribution in [2.24, 2.45) is 0 Å². The quantitative estimate of drug-likeness (QED) is 0.255. The number of ether oxygens (including phenoxy) is 1. The highest BCUT2D eigenvalue weighted by molar-refractivity contribution is 6.02. The number of anilines is 4. The summed E-state index contributed by atoms with van der Waals surface area (Å²) in [7, 11) is 3.90. The number of morpholine rings is 1. The fourth-order valence-electron chi connectivity index (χ4n) is 4.42. The number of carbonyl (C=O) groups excluding carboxylic acids is 1. The van der Waals surface area contributed by atoms with Gasteiger partial charge in [0.1, 0.15) is 11.9 Å². The number of benzene rings is 2. The molecule has 2 aromatic carbocycles. The maximum atomic E-state index is 12.4. The molecule has 10 heteroatoms. The average Bonchev–Trinajstić information content (AvgIpc) is 2.93. The number of nitrogens with two attached hydrogens (primary N) is 1. The SMILES string of the molecule is CN(C)C/C=C/C(=O)Nc1cccc(-c2cccc3c(N)nc(Nc4cccnc4C4CNCCO4)nc23)c1. The minimum absolute atomic E-state index is 0.175. The second kappa shape index (κ2) is 12.0. The number of nitrogens with zero attached hydrogens (tertiary/aromatic N) is 4. The zero-order chi connectivity index (χ0) is 27.2. The summed E-state index contributed by atoms with van der Waals surface area (Å²) in [6.07, 6.45) is 4.93. The number of aromatic nitrogens is 3. The number of fused-ring (bicyclic) bond motifs is 1. The Morgan fingerprint density at radius 1 is 1.18 bits per heavy atom. The molecule has 1 aliphatic heterocycles. The fourth-order valence-corrected chi connectivity index (χ4v) is 4.42. The third kappa shape index (κ3) is 6.37. The van der Waals surface area contributed by atoms with E-state index in [1.54, 1.807) is 6.20 Å². The number of nitrogens with one attached hydrogen (secondary N) is 3. The van der Waals surface area contributed by atoms with Crippen LogP contribution in [0.3, 0.4) is 0 Å². The van der Waals surface area contributed by atoms with Gasteiger partial charge in [-0.25, -0.2) is 4.98 Å². The van der Waals surface area contributed by atoms with Crippen LogP contribution in [0.15, 0.2) is 72.9 Å². The highest BCUT2D eigenvalue weighted by Crippen LogP contribution is 2.33. The molecule has 39 heavy (non-hydrogen) atoms. The number of hydrogen-bond acceptors (Lipinski definition) is 9. The second-order valence-corrected chi connectivity index (χ2v) is 9.49. The maximum absolute atomic E-state index is 12.4. The average molecular weight is 525 g/mol. The summed E-state index contributed by atoms with van der Waals surface area (Å²) < 4.78 is 5.92. The number of rotatable bonds is 8. The van der Waals surface area contributed by atoms with Crippen molar-refractivity contribution in [1.82, 2.24) is 25.2 Å². The summed E-state index contributed by atoms with van der Waals surface area (Å²) in [6, 6.07) is 17.2. The summed E-state index contributed by atoms with van der Waals surface area (Å²) in [5.74, 6) is 0.538. The van der Waals surface area contributed by atoms with Crippen LogP contribution in [0.1, 0.15) is 11.8 Å². The van der Waals surface area contributed by atoms with Gasteiger partial charge in [-0.05, 0) is 50.0 Å². The minimum Gasteiger partial charge on any atom is -0.383 e. The van der Waals surface area contributed by atoms with E-state index in [0.29, 0.717) is 42.7 Å². The molecular formula is C29H32N8O2. The molecule has 0 aliphatic carbocycles. The second-order valence-electron chi connectivity index (χ2n) is 9.49. The Morgan fingerprint density at radius 3 is 2.87 bits per heavy atom. The van der Waals surface area contributed by atoms with Crippen molar-refractivity contribution in [2.45, 2.75) is 6.10 Å². The van der Waals surface area contributed by atoms with Gasteiger partial charge in [0.05, 0.1) is 23.5 Å². The Bertz CT molecular complexity index is 1500. The number of carbonyl (C=O) groups is 1. The van der Waals surface area contributed by atoms with E-state index in [9.17, 15) is 4.79 Å². The van der Waals surface area contributed by atoms with Gasteiger partial charge in [0.2, 0.25) is 11.9 Å². The minimum atomic E-state index is -0.186. The van der Waals surface area contributed by atoms with E-state index in [-0.39, 0.29) is 12.0 Å². The predicted molar refractivity (Wildman–Crippen MR) is 155 cm³/mol. The van der Waals surface area contributed by atoms with E-state index >= 15 is 0 Å². The molecule has 1 aliphatic rings. The maximum Gasteiger partial charge on any atom is 0.248 e. The monoisotopic (exact) mass is 524 g/mol. The Hall–Kier alpha value is -4.38. The standard InChI is InChI=1S/C29H32N8O2/c1-37(2)15-6-12-25(38)33-20-8-3-7-19(17-20)21-9-4-10-22-26(21)35-29(36-28(22)30)34-23-11-5-13-32-27(23)24-18-31-14-16-39-24/h3-13,17,24,31H,14-16,18H2,1-2H3,(H,33,38)(H3,30,34,35,36)/b12-6+. The van der Waals surface area contributed by atoms with Crippen molar-refractivity contribution in [3.05, 3.63) is 78.6 Å². The van der Waals surface area contributed by atoms with Crippen molar-refractivity contribution in [2.75, 3.05) is 56.7 Å². The molecule has 5 N–H and O–H groups in total. The van der Waals surface area contributed by atoms with E-state index in [1.165, 1.54) is 6.08 Å².